The average molecular weight is 432 g/mol. The van der Waals surface area contributed by atoms with Gasteiger partial charge >= 0.3 is 0 Å². The first kappa shape index (κ1) is 21.8. The Bertz CT molecular complexity index is 1010. The maximum Gasteiger partial charge on any atom is 0.254 e. The van der Waals surface area contributed by atoms with Crippen molar-refractivity contribution in [2.24, 2.45) is 0 Å². The number of amides is 2. The summed E-state index contributed by atoms with van der Waals surface area (Å²) in [5.74, 6) is 0.266. The highest BCUT2D eigenvalue weighted by molar-refractivity contribution is 7.89. The lowest BCUT2D eigenvalue weighted by molar-refractivity contribution is -0.115. The number of piperazine rings is 1. The molecule has 1 heterocycles. The normalized spacial score (nSPS) is 14.9. The molecule has 3 rings (SSSR count). The Labute approximate surface area is 176 Å². The predicted molar refractivity (Wildman–Crippen MR) is 113 cm³/mol. The third-order valence-corrected chi connectivity index (χ3v) is 6.85. The first-order chi connectivity index (χ1) is 14.3. The van der Waals surface area contributed by atoms with Gasteiger partial charge in [0.2, 0.25) is 15.9 Å². The van der Waals surface area contributed by atoms with Crippen LogP contribution in [0.15, 0.2) is 53.4 Å². The highest BCUT2D eigenvalue weighted by atomic mass is 32.2. The topological polar surface area (TPSA) is 96.0 Å². The minimum absolute atomic E-state index is 0.128. The molecular weight excluding hydrogens is 406 g/mol. The number of nitrogens with zero attached hydrogens (tertiary/aromatic N) is 2. The van der Waals surface area contributed by atoms with Crippen molar-refractivity contribution < 1.29 is 22.7 Å². The molecular formula is C21H25N3O5S. The number of carbonyl (C=O) groups excluding carboxylic acids is 2. The van der Waals surface area contributed by atoms with Crippen molar-refractivity contribution in [3.05, 3.63) is 54.1 Å². The summed E-state index contributed by atoms with van der Waals surface area (Å²) in [6.07, 6.45) is 0.350. The zero-order chi connectivity index (χ0) is 21.7. The van der Waals surface area contributed by atoms with Gasteiger partial charge in [-0.2, -0.15) is 4.31 Å². The van der Waals surface area contributed by atoms with Gasteiger partial charge in [-0.15, -0.1) is 0 Å². The summed E-state index contributed by atoms with van der Waals surface area (Å²) >= 11 is 0. The van der Waals surface area contributed by atoms with E-state index < -0.39 is 10.0 Å². The van der Waals surface area contributed by atoms with Crippen LogP contribution in [0.4, 0.5) is 5.69 Å². The van der Waals surface area contributed by atoms with E-state index in [4.69, 9.17) is 4.74 Å². The van der Waals surface area contributed by atoms with E-state index in [0.717, 1.165) is 0 Å². The van der Waals surface area contributed by atoms with Gasteiger partial charge in [0.25, 0.3) is 5.91 Å². The zero-order valence-corrected chi connectivity index (χ0v) is 17.8. The molecule has 0 bridgehead atoms. The van der Waals surface area contributed by atoms with Crippen molar-refractivity contribution in [2.75, 3.05) is 38.6 Å². The molecule has 1 fully saturated rings. The van der Waals surface area contributed by atoms with E-state index in [0.29, 0.717) is 36.5 Å². The molecule has 160 valence electrons. The van der Waals surface area contributed by atoms with Gasteiger partial charge in [0.1, 0.15) is 5.75 Å². The van der Waals surface area contributed by atoms with Crippen LogP contribution in [0.2, 0.25) is 0 Å². The molecule has 2 aromatic rings. The quantitative estimate of drug-likeness (QED) is 0.756. The molecule has 1 aliphatic heterocycles. The standard InChI is InChI=1S/C21H25N3O5S/c1-3-20(25)22-17-6-4-5-16(15-17)21(26)23-11-13-24(14-12-23)30(27,28)19-9-7-18(29-2)8-10-19/h4-10,15H,3,11-14H2,1-2H3,(H,22,25). The zero-order valence-electron chi connectivity index (χ0n) is 17.0. The summed E-state index contributed by atoms with van der Waals surface area (Å²) in [7, 11) is -2.11. The lowest BCUT2D eigenvalue weighted by atomic mass is 10.1. The van der Waals surface area contributed by atoms with E-state index in [1.54, 1.807) is 48.2 Å². The molecule has 0 spiro atoms. The lowest BCUT2D eigenvalue weighted by Crippen LogP contribution is -2.50. The van der Waals surface area contributed by atoms with Crippen LogP contribution in [-0.4, -0.2) is 62.7 Å². The van der Waals surface area contributed by atoms with Crippen LogP contribution in [-0.2, 0) is 14.8 Å². The monoisotopic (exact) mass is 431 g/mol. The van der Waals surface area contributed by atoms with Gasteiger partial charge in [0.05, 0.1) is 12.0 Å². The number of sulfonamides is 1. The maximum atomic E-state index is 12.9. The second-order valence-corrected chi connectivity index (χ2v) is 8.79. The molecule has 1 N–H and O–H groups in total. The first-order valence-electron chi connectivity index (χ1n) is 9.68. The third kappa shape index (κ3) is 4.80. The molecule has 0 atom stereocenters. The van der Waals surface area contributed by atoms with Crippen molar-refractivity contribution in [2.45, 2.75) is 18.2 Å². The van der Waals surface area contributed by atoms with Crippen LogP contribution in [0.3, 0.4) is 0 Å². The second kappa shape index (κ2) is 9.27. The molecule has 0 saturated carbocycles. The van der Waals surface area contributed by atoms with Crippen LogP contribution in [0.1, 0.15) is 23.7 Å². The molecule has 1 saturated heterocycles. The van der Waals surface area contributed by atoms with Crippen LogP contribution in [0, 0.1) is 0 Å². The molecule has 2 amide bonds. The Morgan fingerprint density at radius 1 is 1.03 bits per heavy atom. The van der Waals surface area contributed by atoms with Crippen LogP contribution in [0.5, 0.6) is 5.75 Å². The molecule has 1 aliphatic rings. The van der Waals surface area contributed by atoms with E-state index >= 15 is 0 Å². The number of rotatable bonds is 6. The third-order valence-electron chi connectivity index (χ3n) is 4.94. The second-order valence-electron chi connectivity index (χ2n) is 6.85. The Balaban J connectivity index is 1.65. The smallest absolute Gasteiger partial charge is 0.254 e. The molecule has 9 heteroatoms. The fourth-order valence-electron chi connectivity index (χ4n) is 3.19. The van der Waals surface area contributed by atoms with Crippen LogP contribution in [0.25, 0.3) is 0 Å². The minimum atomic E-state index is -3.63. The molecule has 0 aromatic heterocycles. The lowest BCUT2D eigenvalue weighted by Gasteiger charge is -2.34. The van der Waals surface area contributed by atoms with E-state index in [-0.39, 0.29) is 29.8 Å². The molecule has 2 aromatic carbocycles. The fourth-order valence-corrected chi connectivity index (χ4v) is 4.61. The van der Waals surface area contributed by atoms with Crippen LogP contribution < -0.4 is 10.1 Å². The molecule has 8 nitrogen and oxygen atoms in total. The van der Waals surface area contributed by atoms with Gasteiger partial charge in [-0.1, -0.05) is 13.0 Å². The predicted octanol–water partition coefficient (Wildman–Crippen LogP) is 2.19. The number of anilines is 1. The van der Waals surface area contributed by atoms with Crippen molar-refractivity contribution in [1.82, 2.24) is 9.21 Å². The largest absolute Gasteiger partial charge is 0.497 e. The van der Waals surface area contributed by atoms with Gasteiger partial charge in [-0.3, -0.25) is 9.59 Å². The average Bonchev–Trinajstić information content (AvgIpc) is 2.78. The van der Waals surface area contributed by atoms with Crippen molar-refractivity contribution in [1.29, 1.82) is 0 Å². The van der Waals surface area contributed by atoms with E-state index in [1.807, 2.05) is 0 Å². The van der Waals surface area contributed by atoms with Gasteiger partial charge in [0.15, 0.2) is 0 Å². The van der Waals surface area contributed by atoms with Crippen molar-refractivity contribution in [3.63, 3.8) is 0 Å². The molecule has 0 radical (unpaired) electrons. The van der Waals surface area contributed by atoms with E-state index in [9.17, 15) is 18.0 Å². The summed E-state index contributed by atoms with van der Waals surface area (Å²) in [6, 6.07) is 13.0. The number of carbonyl (C=O) groups is 2. The van der Waals surface area contributed by atoms with Gasteiger partial charge in [-0.25, -0.2) is 8.42 Å². The summed E-state index contributed by atoms with van der Waals surface area (Å²) in [5, 5.41) is 2.74. The minimum Gasteiger partial charge on any atom is -0.497 e. The van der Waals surface area contributed by atoms with E-state index in [1.165, 1.54) is 23.5 Å². The van der Waals surface area contributed by atoms with Gasteiger partial charge < -0.3 is 15.0 Å². The van der Waals surface area contributed by atoms with Crippen LogP contribution >= 0.6 is 0 Å². The number of nitrogens with one attached hydrogen (secondary N) is 1. The summed E-state index contributed by atoms with van der Waals surface area (Å²) in [5.41, 5.74) is 1.02. The van der Waals surface area contributed by atoms with E-state index in [2.05, 4.69) is 5.32 Å². The highest BCUT2D eigenvalue weighted by Crippen LogP contribution is 2.21. The number of ether oxygens (including phenoxy) is 1. The molecule has 0 aliphatic carbocycles. The van der Waals surface area contributed by atoms with Crippen molar-refractivity contribution in [3.8, 4) is 5.75 Å². The summed E-state index contributed by atoms with van der Waals surface area (Å²) in [4.78, 5) is 26.2. The molecule has 0 unspecified atom stereocenters. The first-order valence-corrected chi connectivity index (χ1v) is 11.1. The Morgan fingerprint density at radius 3 is 2.30 bits per heavy atom. The number of benzene rings is 2. The number of hydrogen-bond donors (Lipinski definition) is 1. The van der Waals surface area contributed by atoms with Gasteiger partial charge in [-0.05, 0) is 42.5 Å². The summed E-state index contributed by atoms with van der Waals surface area (Å²) in [6.45, 7) is 2.77. The Hall–Kier alpha value is -2.91. The van der Waals surface area contributed by atoms with Crippen molar-refractivity contribution >= 4 is 27.5 Å². The van der Waals surface area contributed by atoms with Gasteiger partial charge in [0, 0.05) is 43.9 Å². The number of hydrogen-bond acceptors (Lipinski definition) is 5. The SMILES string of the molecule is CCC(=O)Nc1cccc(C(=O)N2CCN(S(=O)(=O)c3ccc(OC)cc3)CC2)c1. The fraction of sp³-hybridized carbons (Fsp3) is 0.333. The summed E-state index contributed by atoms with van der Waals surface area (Å²) < 4.78 is 32.2. The number of methoxy groups -OCH3 is 1. The Morgan fingerprint density at radius 2 is 1.70 bits per heavy atom. The maximum absolute atomic E-state index is 12.9. The molecule has 30 heavy (non-hydrogen) atoms. The highest BCUT2D eigenvalue weighted by Gasteiger charge is 2.30. The Kier molecular flexibility index (Phi) is 6.73.